The Bertz CT molecular complexity index is 3510. The van der Waals surface area contributed by atoms with E-state index in [1.54, 1.807) is 69.3 Å². The van der Waals surface area contributed by atoms with E-state index < -0.39 is 53.9 Å². The molecule has 0 spiro atoms. The zero-order valence-electron chi connectivity index (χ0n) is 55.0. The van der Waals surface area contributed by atoms with Crippen molar-refractivity contribution in [2.75, 3.05) is 19.8 Å². The Morgan fingerprint density at radius 3 is 1.28 bits per heavy atom. The molecule has 1 amide bonds. The molecule has 96 heavy (non-hydrogen) atoms. The second-order valence-electron chi connectivity index (χ2n) is 20.6. The van der Waals surface area contributed by atoms with E-state index in [4.69, 9.17) is 34.5 Å². The number of aliphatic imine (C=N–C) groups is 1. The zero-order chi connectivity index (χ0) is 69.8. The molecule has 6 rings (SSSR count). The number of phenolic OH excluding ortho intramolecular Hbond substituents is 1. The molecule has 3 atom stereocenters. The number of para-hydroxylation sites is 3. The zero-order valence-corrected chi connectivity index (χ0v) is 55.0. The average Bonchev–Trinajstić information content (AvgIpc) is 1.29. The molecular weight excluding hydrogens is 1220 g/mol. The van der Waals surface area contributed by atoms with Crippen LogP contribution in [0.5, 0.6) is 17.2 Å². The molecule has 19 heteroatoms. The number of carboxylic acids is 1. The molecule has 0 bridgehead atoms. The number of phenols is 1. The van der Waals surface area contributed by atoms with Crippen LogP contribution in [0.15, 0.2) is 242 Å². The predicted molar refractivity (Wildman–Crippen MR) is 374 cm³/mol. The van der Waals surface area contributed by atoms with Crippen molar-refractivity contribution in [3.05, 3.63) is 270 Å². The molecule has 0 aromatic heterocycles. The van der Waals surface area contributed by atoms with Gasteiger partial charge >= 0.3 is 117 Å². The fraction of sp³-hybridized carbons (Fsp3) is 0.273. The maximum atomic E-state index is 13.2. The van der Waals surface area contributed by atoms with E-state index in [0.717, 1.165) is 61.3 Å². The van der Waals surface area contributed by atoms with Crippen LogP contribution in [0.1, 0.15) is 127 Å². The molecule has 6 aromatic rings. The molecule has 3 unspecified atom stereocenters. The summed E-state index contributed by atoms with van der Waals surface area (Å²) in [4.78, 5) is 87.8. The third-order valence-electron chi connectivity index (χ3n) is 13.1. The molecule has 5 N–H and O–H groups in total. The van der Waals surface area contributed by atoms with Gasteiger partial charge in [0.2, 0.25) is 5.91 Å². The maximum absolute atomic E-state index is 13.2. The molecule has 0 radical (unpaired) electrons. The fourth-order valence-electron chi connectivity index (χ4n) is 8.38. The van der Waals surface area contributed by atoms with Gasteiger partial charge in [0.25, 0.3) is 0 Å². The molecule has 504 valence electrons. The summed E-state index contributed by atoms with van der Waals surface area (Å²) < 4.78 is 35.7. The predicted octanol–water partition coefficient (Wildman–Crippen LogP) is 13.6. The van der Waals surface area contributed by atoms with Gasteiger partial charge < -0.3 is 39.8 Å². The van der Waals surface area contributed by atoms with Crippen LogP contribution in [0.25, 0.3) is 0 Å². The number of ether oxygens (including phenoxy) is 5. The van der Waals surface area contributed by atoms with E-state index in [0.29, 0.717) is 33.0 Å². The average molecular weight is 1310 g/mol. The molecule has 18 nitrogen and oxygen atoms in total. The number of nitrogens with one attached hydrogen (secondary N) is 1. The number of carbonyl (C=O) groups is 7. The summed E-state index contributed by atoms with van der Waals surface area (Å²) in [5.74, 6) is -3.93. The summed E-state index contributed by atoms with van der Waals surface area (Å²) in [5, 5.41) is 20.9. The SMILES string of the molecule is CC/C=C\C/C=C\C/C=C\C/C=C\C/C=C\C/C=C\CCC(=O)NC(Cc1ccccc1)C(=O)Oc1ccccc1C(=O)OCC.CCOC(=O)c1ccccc1O.CCOC(=O)c1ccccc1OC(=O)C(N)Cc1ccccc1.O=BC=NC(Cc1ccccc1)C(=O)O. The standard InChI is InChI=1S/C40H49NO5.C18H19NO4.C10H10BNO3.C9H10O3/c1-3-5-6-7-8-9-10-11-12-13-14-15-16-17-18-19-20-21-25-32-38(42)41-36(33-34-28-23-22-24-29-34)40(44)46-37-31-27-26-30-35(37)39(43)45-4-2;1-2-22-17(20)14-10-6-7-11-16(14)23-18(21)15(19)12-13-8-4-3-5-9-13;13-10(14)9(12-7-11-15)6-8-4-2-1-3-5-8;1-2-12-9(11)7-5-3-4-6-8(7)10/h5-6,8-9,11-12,14-15,17-18,20-24,26-31,36H,3-4,7,10,13,16,19,25,32-33H2,1-2H3,(H,41,42);3-11,15H,2,12,19H2,1H3;1-5,7,9H,6H2,(H,13,14);3-6,10H,2H2,1H3/b6-5-,9-8-,12-11-,15-14-,18-17-,21-20-;;;. The Labute approximate surface area is 564 Å². The van der Waals surface area contributed by atoms with Gasteiger partial charge in [0.15, 0.2) is 0 Å². The number of carboxylic acid groups (broad SMARTS) is 1. The number of esters is 5. The van der Waals surface area contributed by atoms with E-state index >= 15 is 0 Å². The summed E-state index contributed by atoms with van der Waals surface area (Å²) in [6, 6.07) is 44.5. The number of carbonyl (C=O) groups excluding carboxylic acids is 6. The summed E-state index contributed by atoms with van der Waals surface area (Å²) in [7, 11) is 0.473. The van der Waals surface area contributed by atoms with Crippen molar-refractivity contribution in [2.24, 2.45) is 10.7 Å². The van der Waals surface area contributed by atoms with E-state index in [1.807, 2.05) is 103 Å². The minimum atomic E-state index is -1.03. The fourth-order valence-corrected chi connectivity index (χ4v) is 8.38. The Balaban J connectivity index is 0.000000391. The molecule has 0 saturated carbocycles. The number of aliphatic carboxylic acids is 1. The van der Waals surface area contributed by atoms with E-state index in [1.165, 1.54) is 24.3 Å². The van der Waals surface area contributed by atoms with Gasteiger partial charge in [-0.15, -0.1) is 0 Å². The van der Waals surface area contributed by atoms with Crippen LogP contribution >= 0.6 is 0 Å². The van der Waals surface area contributed by atoms with Crippen LogP contribution in [0.4, 0.5) is 0 Å². The van der Waals surface area contributed by atoms with Crippen molar-refractivity contribution in [3.63, 3.8) is 0 Å². The van der Waals surface area contributed by atoms with Crippen LogP contribution < -0.4 is 20.5 Å². The monoisotopic (exact) mass is 1310 g/mol. The Kier molecular flexibility index (Phi) is 41.4. The first-order valence-electron chi connectivity index (χ1n) is 31.8. The number of hydrogen-bond donors (Lipinski definition) is 4. The van der Waals surface area contributed by atoms with Crippen molar-refractivity contribution >= 4 is 55.0 Å². The molecule has 0 aliphatic carbocycles. The summed E-state index contributed by atoms with van der Waals surface area (Å²) in [6.45, 7) is 8.04. The van der Waals surface area contributed by atoms with Gasteiger partial charge in [-0.25, -0.2) is 24.0 Å². The topological polar surface area (TPSA) is 274 Å². The number of aromatic hydroxyl groups is 1. The van der Waals surface area contributed by atoms with Crippen molar-refractivity contribution in [1.29, 1.82) is 0 Å². The van der Waals surface area contributed by atoms with Crippen LogP contribution in [-0.2, 0) is 57.4 Å². The van der Waals surface area contributed by atoms with Crippen LogP contribution in [0, 0.1) is 0 Å². The number of benzene rings is 6. The van der Waals surface area contributed by atoms with Crippen LogP contribution in [-0.4, -0.2) is 103 Å². The molecule has 6 aromatic carbocycles. The Morgan fingerprint density at radius 1 is 0.479 bits per heavy atom. The van der Waals surface area contributed by atoms with Crippen molar-refractivity contribution in [2.45, 2.75) is 116 Å². The Morgan fingerprint density at radius 2 is 0.854 bits per heavy atom. The molecule has 0 aliphatic heterocycles. The number of hydrogen-bond acceptors (Lipinski definition) is 16. The number of nitrogens with zero attached hydrogens (tertiary/aromatic N) is 1. The summed E-state index contributed by atoms with van der Waals surface area (Å²) in [6.07, 6.45) is 34.0. The molecule has 0 aliphatic rings. The summed E-state index contributed by atoms with van der Waals surface area (Å²) in [5.41, 5.74) is 9.15. The van der Waals surface area contributed by atoms with E-state index in [-0.39, 0.29) is 65.9 Å². The normalized spacial score (nSPS) is 11.9. The van der Waals surface area contributed by atoms with Gasteiger partial charge in [-0.2, -0.15) is 0 Å². The summed E-state index contributed by atoms with van der Waals surface area (Å²) >= 11 is 0. The van der Waals surface area contributed by atoms with E-state index in [2.05, 4.69) is 78.0 Å². The first-order valence-corrected chi connectivity index (χ1v) is 31.8. The van der Waals surface area contributed by atoms with Gasteiger partial charge in [-0.1, -0.05) is 177 Å². The van der Waals surface area contributed by atoms with Crippen LogP contribution in [0.3, 0.4) is 0 Å². The first-order chi connectivity index (χ1) is 46.6. The van der Waals surface area contributed by atoms with Crippen molar-refractivity contribution in [3.8, 4) is 17.2 Å². The number of rotatable bonds is 34. The minimum absolute atomic E-state index is 0.0454. The Hall–Kier alpha value is -10.7. The molecule has 0 saturated heterocycles. The van der Waals surface area contributed by atoms with Gasteiger partial charge in [0, 0.05) is 12.8 Å². The number of amides is 1. The molecular formula is C77H88BN3O15. The van der Waals surface area contributed by atoms with Gasteiger partial charge in [-0.3, -0.25) is 4.79 Å². The first kappa shape index (κ1) is 79.6. The van der Waals surface area contributed by atoms with Gasteiger partial charge in [0.1, 0.15) is 46.0 Å². The van der Waals surface area contributed by atoms with E-state index in [9.17, 15) is 43.4 Å². The molecule has 0 heterocycles. The second-order valence-corrected chi connectivity index (χ2v) is 20.6. The second kappa shape index (κ2) is 49.9. The van der Waals surface area contributed by atoms with Gasteiger partial charge in [-0.05, 0) is 120 Å². The third-order valence-corrected chi connectivity index (χ3v) is 13.1. The van der Waals surface area contributed by atoms with Crippen molar-refractivity contribution in [1.82, 2.24) is 5.32 Å². The van der Waals surface area contributed by atoms with Gasteiger partial charge in [0.05, 0.1) is 19.8 Å². The number of allylic oxidation sites excluding steroid dienone is 12. The number of nitrogens with two attached hydrogens (primary N) is 1. The third kappa shape index (κ3) is 34.3. The molecule has 0 fully saturated rings. The van der Waals surface area contributed by atoms with Crippen LogP contribution in [0.2, 0.25) is 0 Å². The van der Waals surface area contributed by atoms with Crippen molar-refractivity contribution < 1.29 is 72.2 Å². The quantitative estimate of drug-likeness (QED) is 0.00730.